The van der Waals surface area contributed by atoms with Crippen molar-refractivity contribution in [3.63, 3.8) is 0 Å². The molecule has 0 spiro atoms. The molecular weight excluding hydrogens is 320 g/mol. The monoisotopic (exact) mass is 348 g/mol. The molecule has 0 aliphatic carbocycles. The van der Waals surface area contributed by atoms with E-state index in [0.717, 1.165) is 5.56 Å². The molecule has 3 atom stereocenters. The van der Waals surface area contributed by atoms with E-state index < -0.39 is 35.8 Å². The molecule has 0 heterocycles. The summed E-state index contributed by atoms with van der Waals surface area (Å²) in [5.74, 6) is -1.31. The highest BCUT2D eigenvalue weighted by Crippen LogP contribution is 2.07. The fourth-order valence-electron chi connectivity index (χ4n) is 2.33. The molecule has 1 aromatic rings. The summed E-state index contributed by atoms with van der Waals surface area (Å²) in [4.78, 5) is 35.8. The van der Waals surface area contributed by atoms with E-state index >= 15 is 0 Å². The Kier molecular flexibility index (Phi) is 8.07. The Bertz CT molecular complexity index is 589. The third-order valence-electron chi connectivity index (χ3n) is 3.76. The number of nitrogens with one attached hydrogen (secondary N) is 2. The van der Waals surface area contributed by atoms with Crippen molar-refractivity contribution in [1.82, 2.24) is 10.6 Å². The largest absolute Gasteiger partial charge is 0.368 e. The standard InChI is InChI=1S/C18H28N4O3/c1-11(2)9-15(18(25)21-12(3)16(20)23)22-17(24)14(19)10-13-7-5-4-6-8-13/h4-8,11-12,14-15H,9-10,19H2,1-3H3,(H2,20,23)(H,21,25)(H,22,24)/t12-,14-,15-/m0/s1. The number of benzene rings is 1. The minimum Gasteiger partial charge on any atom is -0.368 e. The molecule has 1 aromatic carbocycles. The molecule has 25 heavy (non-hydrogen) atoms. The smallest absolute Gasteiger partial charge is 0.243 e. The van der Waals surface area contributed by atoms with Crippen molar-refractivity contribution in [1.29, 1.82) is 0 Å². The van der Waals surface area contributed by atoms with Gasteiger partial charge in [-0.25, -0.2) is 0 Å². The molecule has 0 saturated heterocycles. The van der Waals surface area contributed by atoms with Crippen LogP contribution in [0.3, 0.4) is 0 Å². The van der Waals surface area contributed by atoms with Crippen LogP contribution >= 0.6 is 0 Å². The Morgan fingerprint density at radius 3 is 2.12 bits per heavy atom. The molecule has 0 fully saturated rings. The third-order valence-corrected chi connectivity index (χ3v) is 3.76. The predicted molar refractivity (Wildman–Crippen MR) is 96.3 cm³/mol. The van der Waals surface area contributed by atoms with Gasteiger partial charge in [0.05, 0.1) is 6.04 Å². The van der Waals surface area contributed by atoms with Gasteiger partial charge in [-0.2, -0.15) is 0 Å². The van der Waals surface area contributed by atoms with Crippen LogP contribution in [0, 0.1) is 5.92 Å². The molecule has 0 aromatic heterocycles. The molecule has 0 unspecified atom stereocenters. The Labute approximate surface area is 148 Å². The number of hydrogen-bond acceptors (Lipinski definition) is 4. The molecule has 0 aliphatic heterocycles. The lowest BCUT2D eigenvalue weighted by atomic mass is 10.0. The first kappa shape index (κ1) is 20.6. The van der Waals surface area contributed by atoms with Crippen LogP contribution in [0.25, 0.3) is 0 Å². The van der Waals surface area contributed by atoms with E-state index in [1.807, 2.05) is 44.2 Å². The van der Waals surface area contributed by atoms with Crippen molar-refractivity contribution < 1.29 is 14.4 Å². The summed E-state index contributed by atoms with van der Waals surface area (Å²) in [6.45, 7) is 5.37. The molecule has 6 N–H and O–H groups in total. The highest BCUT2D eigenvalue weighted by molar-refractivity contribution is 5.92. The fraction of sp³-hybridized carbons (Fsp3) is 0.500. The van der Waals surface area contributed by atoms with Crippen LogP contribution in [-0.4, -0.2) is 35.8 Å². The van der Waals surface area contributed by atoms with Gasteiger partial charge < -0.3 is 22.1 Å². The van der Waals surface area contributed by atoms with Gasteiger partial charge in [0.2, 0.25) is 17.7 Å². The summed E-state index contributed by atoms with van der Waals surface area (Å²) in [6.07, 6.45) is 0.807. The first-order valence-electron chi connectivity index (χ1n) is 8.40. The van der Waals surface area contributed by atoms with Crippen LogP contribution in [0.15, 0.2) is 30.3 Å². The highest BCUT2D eigenvalue weighted by Gasteiger charge is 2.26. The quantitative estimate of drug-likeness (QED) is 0.504. The zero-order valence-electron chi connectivity index (χ0n) is 15.0. The summed E-state index contributed by atoms with van der Waals surface area (Å²) < 4.78 is 0. The third kappa shape index (κ3) is 7.34. The number of primary amides is 1. The van der Waals surface area contributed by atoms with E-state index in [-0.39, 0.29) is 5.92 Å². The van der Waals surface area contributed by atoms with Gasteiger partial charge in [0, 0.05) is 0 Å². The lowest BCUT2D eigenvalue weighted by Gasteiger charge is -2.23. The van der Waals surface area contributed by atoms with Gasteiger partial charge in [0.1, 0.15) is 12.1 Å². The van der Waals surface area contributed by atoms with Gasteiger partial charge >= 0.3 is 0 Å². The van der Waals surface area contributed by atoms with Gasteiger partial charge in [0.25, 0.3) is 0 Å². The molecule has 0 bridgehead atoms. The van der Waals surface area contributed by atoms with Crippen molar-refractivity contribution in [3.8, 4) is 0 Å². The second-order valence-electron chi connectivity index (χ2n) is 6.62. The van der Waals surface area contributed by atoms with Crippen LogP contribution in [0.4, 0.5) is 0 Å². The summed E-state index contributed by atoms with van der Waals surface area (Å²) in [5.41, 5.74) is 12.1. The molecule has 7 heteroatoms. The average Bonchev–Trinajstić information content (AvgIpc) is 2.54. The molecule has 7 nitrogen and oxygen atoms in total. The van der Waals surface area contributed by atoms with E-state index in [4.69, 9.17) is 11.5 Å². The van der Waals surface area contributed by atoms with Gasteiger partial charge in [-0.05, 0) is 31.2 Å². The Morgan fingerprint density at radius 1 is 1.00 bits per heavy atom. The van der Waals surface area contributed by atoms with Gasteiger partial charge in [-0.3, -0.25) is 14.4 Å². The van der Waals surface area contributed by atoms with Gasteiger partial charge in [-0.1, -0.05) is 44.2 Å². The summed E-state index contributed by atoms with van der Waals surface area (Å²) >= 11 is 0. The molecule has 0 radical (unpaired) electrons. The van der Waals surface area contributed by atoms with E-state index in [9.17, 15) is 14.4 Å². The van der Waals surface area contributed by atoms with Crippen molar-refractivity contribution in [2.75, 3.05) is 0 Å². The predicted octanol–water partition coefficient (Wildman–Crippen LogP) is 0.0773. The minimum absolute atomic E-state index is 0.172. The normalized spacial score (nSPS) is 14.4. The van der Waals surface area contributed by atoms with Crippen LogP contribution in [0.2, 0.25) is 0 Å². The summed E-state index contributed by atoms with van der Waals surface area (Å²) in [7, 11) is 0. The minimum atomic E-state index is -0.808. The van der Waals surface area contributed by atoms with Gasteiger partial charge in [0.15, 0.2) is 0 Å². The van der Waals surface area contributed by atoms with E-state index in [1.165, 1.54) is 6.92 Å². The van der Waals surface area contributed by atoms with Crippen LogP contribution in [0.5, 0.6) is 0 Å². The Hall–Kier alpha value is -2.41. The number of carbonyl (C=O) groups excluding carboxylic acids is 3. The number of nitrogens with two attached hydrogens (primary N) is 2. The molecule has 0 saturated carbocycles. The van der Waals surface area contributed by atoms with Crippen molar-refractivity contribution in [3.05, 3.63) is 35.9 Å². The first-order valence-corrected chi connectivity index (χ1v) is 8.40. The average molecular weight is 348 g/mol. The Morgan fingerprint density at radius 2 is 1.60 bits per heavy atom. The lowest BCUT2D eigenvalue weighted by Crippen LogP contribution is -2.55. The van der Waals surface area contributed by atoms with Crippen LogP contribution < -0.4 is 22.1 Å². The number of hydrogen-bond donors (Lipinski definition) is 4. The van der Waals surface area contributed by atoms with E-state index in [1.54, 1.807) is 0 Å². The zero-order chi connectivity index (χ0) is 19.0. The van der Waals surface area contributed by atoms with E-state index in [2.05, 4.69) is 10.6 Å². The fourth-order valence-corrected chi connectivity index (χ4v) is 2.33. The Balaban J connectivity index is 2.71. The van der Waals surface area contributed by atoms with Crippen LogP contribution in [0.1, 0.15) is 32.8 Å². The second-order valence-corrected chi connectivity index (χ2v) is 6.62. The lowest BCUT2D eigenvalue weighted by molar-refractivity contribution is -0.131. The van der Waals surface area contributed by atoms with Crippen molar-refractivity contribution in [2.24, 2.45) is 17.4 Å². The highest BCUT2D eigenvalue weighted by atomic mass is 16.2. The van der Waals surface area contributed by atoms with Crippen molar-refractivity contribution >= 4 is 17.7 Å². The summed E-state index contributed by atoms with van der Waals surface area (Å²) in [6, 6.07) is 7.07. The number of rotatable bonds is 9. The van der Waals surface area contributed by atoms with Gasteiger partial charge in [-0.15, -0.1) is 0 Å². The SMILES string of the molecule is CC(C)C[C@H](NC(=O)[C@@H](N)Cc1ccccc1)C(=O)N[C@@H](C)C(N)=O. The van der Waals surface area contributed by atoms with Crippen LogP contribution in [-0.2, 0) is 20.8 Å². The molecular formula is C18H28N4O3. The zero-order valence-corrected chi connectivity index (χ0v) is 15.0. The number of carbonyl (C=O) groups is 3. The first-order chi connectivity index (χ1) is 11.7. The maximum atomic E-state index is 12.4. The maximum absolute atomic E-state index is 12.4. The summed E-state index contributed by atoms with van der Waals surface area (Å²) in [5, 5.41) is 5.19. The molecule has 3 amide bonds. The topological polar surface area (TPSA) is 127 Å². The molecule has 0 aliphatic rings. The molecule has 138 valence electrons. The van der Waals surface area contributed by atoms with Crippen molar-refractivity contribution in [2.45, 2.75) is 51.7 Å². The molecule has 1 rings (SSSR count). The number of amides is 3. The second kappa shape index (κ2) is 9.78. The maximum Gasteiger partial charge on any atom is 0.243 e. The van der Waals surface area contributed by atoms with E-state index in [0.29, 0.717) is 12.8 Å².